The van der Waals surface area contributed by atoms with Gasteiger partial charge in [-0.1, -0.05) is 18.2 Å². The van der Waals surface area contributed by atoms with Gasteiger partial charge in [-0.15, -0.1) is 0 Å². The maximum absolute atomic E-state index is 12.5. The largest absolute Gasteiger partial charge is 0.353 e. The van der Waals surface area contributed by atoms with E-state index in [0.717, 1.165) is 11.2 Å². The Bertz CT molecular complexity index is 820. The normalized spacial score (nSPS) is 12.7. The molecule has 1 atom stereocenters. The highest BCUT2D eigenvalue weighted by molar-refractivity contribution is 7.07. The average molecular weight is 341 g/mol. The van der Waals surface area contributed by atoms with Crippen LogP contribution in [0.4, 0.5) is 0 Å². The third-order valence-electron chi connectivity index (χ3n) is 4.36. The summed E-state index contributed by atoms with van der Waals surface area (Å²) >= 11 is 1.68. The van der Waals surface area contributed by atoms with E-state index in [9.17, 15) is 4.79 Å². The fourth-order valence-corrected chi connectivity index (χ4v) is 3.74. The number of nitrogens with zero attached hydrogens (tertiary/aromatic N) is 2. The van der Waals surface area contributed by atoms with Gasteiger partial charge in [0.25, 0.3) is 0 Å². The molecule has 0 saturated carbocycles. The predicted octanol–water partition coefficient (Wildman–Crippen LogP) is 3.43. The van der Waals surface area contributed by atoms with E-state index in [2.05, 4.69) is 49.8 Å². The second kappa shape index (κ2) is 7.20. The topological polar surface area (TPSA) is 37.3 Å². The minimum atomic E-state index is 0.0431. The summed E-state index contributed by atoms with van der Waals surface area (Å²) in [5.41, 5.74) is 3.45. The third kappa shape index (κ3) is 3.52. The van der Waals surface area contributed by atoms with Crippen molar-refractivity contribution in [2.24, 2.45) is 0 Å². The summed E-state index contributed by atoms with van der Waals surface area (Å²) < 4.78 is 2.07. The Labute approximate surface area is 146 Å². The molecule has 0 aliphatic rings. The van der Waals surface area contributed by atoms with Gasteiger partial charge in [0, 0.05) is 17.8 Å². The molecule has 0 radical (unpaired) electrons. The highest BCUT2D eigenvalue weighted by Crippen LogP contribution is 2.21. The molecule has 0 spiro atoms. The first-order valence-electron chi connectivity index (χ1n) is 8.06. The molecule has 0 bridgehead atoms. The Morgan fingerprint density at radius 1 is 1.29 bits per heavy atom. The molecule has 0 aliphatic heterocycles. The molecular weight excluding hydrogens is 318 g/mol. The first kappa shape index (κ1) is 16.7. The molecule has 3 aromatic rings. The number of benzene rings is 1. The molecule has 5 heteroatoms. The molecule has 1 amide bonds. The number of aryl methyl sites for hydroxylation is 1. The molecule has 0 saturated heterocycles. The standard InChI is InChI=1S/C19H23N3OS/c1-14-10-15-6-4-5-7-17(15)22(14)12-19(23)20-11-18(21(2)3)16-8-9-24-13-16/h4-10,13,18H,11-12H2,1-3H3,(H,20,23)/t18-/m1/s1. The molecule has 3 rings (SSSR count). The number of hydrogen-bond donors (Lipinski definition) is 1. The van der Waals surface area contributed by atoms with Gasteiger partial charge in [0.15, 0.2) is 0 Å². The van der Waals surface area contributed by atoms with Crippen LogP contribution in [0.1, 0.15) is 17.3 Å². The fourth-order valence-electron chi connectivity index (χ4n) is 3.03. The minimum Gasteiger partial charge on any atom is -0.353 e. The predicted molar refractivity (Wildman–Crippen MR) is 100 cm³/mol. The van der Waals surface area contributed by atoms with Crippen LogP contribution in [0.25, 0.3) is 10.9 Å². The van der Waals surface area contributed by atoms with Gasteiger partial charge >= 0.3 is 0 Å². The highest BCUT2D eigenvalue weighted by atomic mass is 32.1. The lowest BCUT2D eigenvalue weighted by Gasteiger charge is -2.24. The number of amides is 1. The summed E-state index contributed by atoms with van der Waals surface area (Å²) in [6, 6.07) is 12.6. The Morgan fingerprint density at radius 2 is 2.08 bits per heavy atom. The maximum Gasteiger partial charge on any atom is 0.240 e. The first-order chi connectivity index (χ1) is 11.6. The molecule has 1 aromatic carbocycles. The summed E-state index contributed by atoms with van der Waals surface area (Å²) in [6.45, 7) is 3.01. The lowest BCUT2D eigenvalue weighted by molar-refractivity contribution is -0.121. The number of rotatable bonds is 6. The second-order valence-electron chi connectivity index (χ2n) is 6.27. The van der Waals surface area contributed by atoms with Crippen molar-refractivity contribution in [1.82, 2.24) is 14.8 Å². The maximum atomic E-state index is 12.5. The summed E-state index contributed by atoms with van der Waals surface area (Å²) in [5, 5.41) is 8.47. The van der Waals surface area contributed by atoms with Crippen LogP contribution in [-0.2, 0) is 11.3 Å². The van der Waals surface area contributed by atoms with Crippen LogP contribution in [0.5, 0.6) is 0 Å². The Morgan fingerprint density at radius 3 is 2.79 bits per heavy atom. The van der Waals surface area contributed by atoms with Crippen molar-refractivity contribution in [2.45, 2.75) is 19.5 Å². The number of nitrogens with one attached hydrogen (secondary N) is 1. The SMILES string of the molecule is Cc1cc2ccccc2n1CC(=O)NC[C@H](c1ccsc1)N(C)C. The Kier molecular flexibility index (Phi) is 5.02. The van der Waals surface area contributed by atoms with E-state index < -0.39 is 0 Å². The number of hydrogen-bond acceptors (Lipinski definition) is 3. The average Bonchev–Trinajstić information content (AvgIpc) is 3.16. The second-order valence-corrected chi connectivity index (χ2v) is 7.05. The molecule has 1 N–H and O–H groups in total. The molecule has 2 aromatic heterocycles. The number of carbonyl (C=O) groups excluding carboxylic acids is 1. The number of carbonyl (C=O) groups is 1. The molecule has 0 aliphatic carbocycles. The van der Waals surface area contributed by atoms with Gasteiger partial charge in [-0.05, 0) is 60.9 Å². The number of likely N-dealkylation sites (N-methyl/N-ethyl adjacent to an activating group) is 1. The molecule has 2 heterocycles. The van der Waals surface area contributed by atoms with Gasteiger partial charge in [-0.3, -0.25) is 4.79 Å². The van der Waals surface area contributed by atoms with Gasteiger partial charge < -0.3 is 14.8 Å². The Balaban J connectivity index is 1.68. The summed E-state index contributed by atoms with van der Waals surface area (Å²) in [6.07, 6.45) is 0. The van der Waals surface area contributed by atoms with Gasteiger partial charge in [0.1, 0.15) is 6.54 Å². The van der Waals surface area contributed by atoms with Crippen molar-refractivity contribution in [2.75, 3.05) is 20.6 Å². The monoisotopic (exact) mass is 341 g/mol. The van der Waals surface area contributed by atoms with Crippen LogP contribution in [0.15, 0.2) is 47.2 Å². The fraction of sp³-hybridized carbons (Fsp3) is 0.316. The number of fused-ring (bicyclic) bond motifs is 1. The zero-order chi connectivity index (χ0) is 17.1. The van der Waals surface area contributed by atoms with E-state index in [4.69, 9.17) is 0 Å². The van der Waals surface area contributed by atoms with Gasteiger partial charge in [0.2, 0.25) is 5.91 Å². The van der Waals surface area contributed by atoms with Crippen LogP contribution in [0.3, 0.4) is 0 Å². The summed E-state index contributed by atoms with van der Waals surface area (Å²) in [7, 11) is 4.08. The third-order valence-corrected chi connectivity index (χ3v) is 5.06. The number of aromatic nitrogens is 1. The van der Waals surface area contributed by atoms with Crippen LogP contribution in [-0.4, -0.2) is 36.0 Å². The first-order valence-corrected chi connectivity index (χ1v) is 9.00. The van der Waals surface area contributed by atoms with E-state index in [-0.39, 0.29) is 11.9 Å². The molecule has 24 heavy (non-hydrogen) atoms. The van der Waals surface area contributed by atoms with E-state index >= 15 is 0 Å². The zero-order valence-corrected chi connectivity index (χ0v) is 15.1. The molecular formula is C19H23N3OS. The van der Waals surface area contributed by atoms with E-state index in [1.54, 1.807) is 11.3 Å². The molecule has 0 unspecified atom stereocenters. The Hall–Kier alpha value is -2.11. The lowest BCUT2D eigenvalue weighted by atomic mass is 10.1. The van der Waals surface area contributed by atoms with E-state index in [1.165, 1.54) is 10.9 Å². The minimum absolute atomic E-state index is 0.0431. The van der Waals surface area contributed by atoms with Crippen LogP contribution >= 0.6 is 11.3 Å². The molecule has 126 valence electrons. The quantitative estimate of drug-likeness (QED) is 0.746. The number of thiophene rings is 1. The van der Waals surface area contributed by atoms with Crippen molar-refractivity contribution in [3.8, 4) is 0 Å². The number of para-hydroxylation sites is 1. The van der Waals surface area contributed by atoms with Gasteiger partial charge in [-0.2, -0.15) is 11.3 Å². The lowest BCUT2D eigenvalue weighted by Crippen LogP contribution is -2.36. The zero-order valence-electron chi connectivity index (χ0n) is 14.3. The molecule has 4 nitrogen and oxygen atoms in total. The van der Waals surface area contributed by atoms with Crippen molar-refractivity contribution < 1.29 is 4.79 Å². The van der Waals surface area contributed by atoms with Gasteiger partial charge in [0.05, 0.1) is 6.04 Å². The molecule has 0 fully saturated rings. The van der Waals surface area contributed by atoms with E-state index in [0.29, 0.717) is 13.1 Å². The van der Waals surface area contributed by atoms with Crippen molar-refractivity contribution in [3.05, 3.63) is 58.4 Å². The van der Waals surface area contributed by atoms with Crippen molar-refractivity contribution in [3.63, 3.8) is 0 Å². The highest BCUT2D eigenvalue weighted by Gasteiger charge is 2.16. The van der Waals surface area contributed by atoms with Crippen molar-refractivity contribution >= 4 is 28.1 Å². The van der Waals surface area contributed by atoms with Crippen LogP contribution in [0.2, 0.25) is 0 Å². The summed E-state index contributed by atoms with van der Waals surface area (Å²) in [5.74, 6) is 0.0431. The van der Waals surface area contributed by atoms with E-state index in [1.807, 2.05) is 33.2 Å². The van der Waals surface area contributed by atoms with Crippen molar-refractivity contribution in [1.29, 1.82) is 0 Å². The smallest absolute Gasteiger partial charge is 0.240 e. The summed E-state index contributed by atoms with van der Waals surface area (Å²) in [4.78, 5) is 14.6. The van der Waals surface area contributed by atoms with Gasteiger partial charge in [-0.25, -0.2) is 0 Å². The van der Waals surface area contributed by atoms with Crippen LogP contribution in [0, 0.1) is 6.92 Å². The van der Waals surface area contributed by atoms with Crippen LogP contribution < -0.4 is 5.32 Å².